The number of carbonyl (C=O) groups is 1. The van der Waals surface area contributed by atoms with Crippen molar-refractivity contribution in [1.29, 1.82) is 0 Å². The van der Waals surface area contributed by atoms with Gasteiger partial charge in [-0.15, -0.1) is 0 Å². The third-order valence-corrected chi connectivity index (χ3v) is 3.16. The summed E-state index contributed by atoms with van der Waals surface area (Å²) in [5.41, 5.74) is 1.91. The molecule has 1 amide bonds. The summed E-state index contributed by atoms with van der Waals surface area (Å²) in [6.45, 7) is 0. The van der Waals surface area contributed by atoms with Crippen LogP contribution in [0.15, 0.2) is 48.5 Å². The molecule has 0 spiro atoms. The van der Waals surface area contributed by atoms with Crippen LogP contribution in [0.5, 0.6) is 5.75 Å². The molecule has 3 nitrogen and oxygen atoms in total. The first-order chi connectivity index (χ1) is 8.72. The van der Waals surface area contributed by atoms with Crippen LogP contribution in [-0.4, -0.2) is 11.0 Å². The quantitative estimate of drug-likeness (QED) is 0.673. The molecule has 0 aliphatic rings. The second-order valence-corrected chi connectivity index (χ2v) is 4.32. The standard InChI is InChI=1S/C14H12BrNO2/c15-9-10-5-1-2-6-11(10)14(18)16-12-7-3-4-8-13(12)17/h1-8,17H,9H2,(H,16,18). The van der Waals surface area contributed by atoms with Crippen molar-refractivity contribution in [2.45, 2.75) is 5.33 Å². The summed E-state index contributed by atoms with van der Waals surface area (Å²) < 4.78 is 0. The van der Waals surface area contributed by atoms with Gasteiger partial charge < -0.3 is 10.4 Å². The number of amides is 1. The number of hydrogen-bond acceptors (Lipinski definition) is 2. The van der Waals surface area contributed by atoms with Crippen molar-refractivity contribution in [3.8, 4) is 5.75 Å². The average Bonchev–Trinajstić information content (AvgIpc) is 2.41. The van der Waals surface area contributed by atoms with Crippen LogP contribution in [0.25, 0.3) is 0 Å². The Morgan fingerprint density at radius 1 is 1.11 bits per heavy atom. The van der Waals surface area contributed by atoms with Gasteiger partial charge in [-0.1, -0.05) is 46.3 Å². The van der Waals surface area contributed by atoms with E-state index in [1.807, 2.05) is 18.2 Å². The van der Waals surface area contributed by atoms with Crippen molar-refractivity contribution in [2.24, 2.45) is 0 Å². The third-order valence-electron chi connectivity index (χ3n) is 2.56. The molecule has 0 saturated carbocycles. The Hall–Kier alpha value is -1.81. The van der Waals surface area contributed by atoms with Crippen molar-refractivity contribution >= 4 is 27.5 Å². The number of nitrogens with one attached hydrogen (secondary N) is 1. The maximum absolute atomic E-state index is 12.1. The number of carbonyl (C=O) groups excluding carboxylic acids is 1. The Balaban J connectivity index is 2.25. The average molecular weight is 306 g/mol. The Morgan fingerprint density at radius 3 is 2.50 bits per heavy atom. The lowest BCUT2D eigenvalue weighted by Crippen LogP contribution is -2.13. The number of rotatable bonds is 3. The van der Waals surface area contributed by atoms with Gasteiger partial charge in [-0.2, -0.15) is 0 Å². The smallest absolute Gasteiger partial charge is 0.256 e. The fourth-order valence-corrected chi connectivity index (χ4v) is 2.12. The molecule has 2 N–H and O–H groups in total. The van der Waals surface area contributed by atoms with Gasteiger partial charge in [0.25, 0.3) is 5.91 Å². The molecule has 2 aromatic rings. The highest BCUT2D eigenvalue weighted by atomic mass is 79.9. The van der Waals surface area contributed by atoms with E-state index in [9.17, 15) is 9.90 Å². The number of para-hydroxylation sites is 2. The van der Waals surface area contributed by atoms with E-state index < -0.39 is 0 Å². The molecule has 0 atom stereocenters. The van der Waals surface area contributed by atoms with Crippen LogP contribution in [0.3, 0.4) is 0 Å². The van der Waals surface area contributed by atoms with E-state index >= 15 is 0 Å². The van der Waals surface area contributed by atoms with Gasteiger partial charge in [0.2, 0.25) is 0 Å². The van der Waals surface area contributed by atoms with E-state index in [-0.39, 0.29) is 11.7 Å². The van der Waals surface area contributed by atoms with E-state index in [0.29, 0.717) is 16.6 Å². The van der Waals surface area contributed by atoms with E-state index in [4.69, 9.17) is 0 Å². The lowest BCUT2D eigenvalue weighted by molar-refractivity contribution is 0.102. The minimum atomic E-state index is -0.230. The molecule has 0 aromatic heterocycles. The number of anilines is 1. The molecule has 0 fully saturated rings. The number of benzene rings is 2. The molecular weight excluding hydrogens is 294 g/mol. The van der Waals surface area contributed by atoms with Crippen LogP contribution in [0.2, 0.25) is 0 Å². The molecule has 0 heterocycles. The van der Waals surface area contributed by atoms with Crippen LogP contribution < -0.4 is 5.32 Å². The Morgan fingerprint density at radius 2 is 1.78 bits per heavy atom. The molecule has 92 valence electrons. The summed E-state index contributed by atoms with van der Waals surface area (Å²) in [5, 5.41) is 12.9. The van der Waals surface area contributed by atoms with Gasteiger partial charge in [-0.3, -0.25) is 4.79 Å². The Bertz CT molecular complexity index is 569. The van der Waals surface area contributed by atoms with E-state index in [2.05, 4.69) is 21.2 Å². The van der Waals surface area contributed by atoms with E-state index in [1.54, 1.807) is 24.3 Å². The summed E-state index contributed by atoms with van der Waals surface area (Å²) >= 11 is 3.35. The monoisotopic (exact) mass is 305 g/mol. The number of aromatic hydroxyl groups is 1. The van der Waals surface area contributed by atoms with Crippen LogP contribution >= 0.6 is 15.9 Å². The fourth-order valence-electron chi connectivity index (χ4n) is 1.63. The summed E-state index contributed by atoms with van der Waals surface area (Å²) in [7, 11) is 0. The molecule has 0 saturated heterocycles. The van der Waals surface area contributed by atoms with Crippen molar-refractivity contribution in [3.63, 3.8) is 0 Å². The third kappa shape index (κ3) is 2.71. The molecule has 4 heteroatoms. The summed E-state index contributed by atoms with van der Waals surface area (Å²) in [6.07, 6.45) is 0. The van der Waals surface area contributed by atoms with Crippen LogP contribution in [0, 0.1) is 0 Å². The van der Waals surface area contributed by atoms with E-state index in [0.717, 1.165) is 5.56 Å². The van der Waals surface area contributed by atoms with Crippen LogP contribution in [0.4, 0.5) is 5.69 Å². The minimum Gasteiger partial charge on any atom is -0.506 e. The molecule has 18 heavy (non-hydrogen) atoms. The number of phenols is 1. The van der Waals surface area contributed by atoms with Crippen LogP contribution in [0.1, 0.15) is 15.9 Å². The zero-order chi connectivity index (χ0) is 13.0. The van der Waals surface area contributed by atoms with Gasteiger partial charge in [0.1, 0.15) is 5.75 Å². The Labute approximate surface area is 114 Å². The highest BCUT2D eigenvalue weighted by Crippen LogP contribution is 2.23. The summed E-state index contributed by atoms with van der Waals surface area (Å²) in [6, 6.07) is 14.0. The van der Waals surface area contributed by atoms with Gasteiger partial charge in [0.05, 0.1) is 5.69 Å². The number of halogens is 1. The van der Waals surface area contributed by atoms with Gasteiger partial charge >= 0.3 is 0 Å². The number of phenolic OH excluding ortho intramolecular Hbond substituents is 1. The van der Waals surface area contributed by atoms with Crippen molar-refractivity contribution in [3.05, 3.63) is 59.7 Å². The van der Waals surface area contributed by atoms with Crippen molar-refractivity contribution in [2.75, 3.05) is 5.32 Å². The van der Waals surface area contributed by atoms with Crippen molar-refractivity contribution < 1.29 is 9.90 Å². The zero-order valence-corrected chi connectivity index (χ0v) is 11.1. The molecule has 2 rings (SSSR count). The van der Waals surface area contributed by atoms with Crippen LogP contribution in [-0.2, 0) is 5.33 Å². The second-order valence-electron chi connectivity index (χ2n) is 3.76. The van der Waals surface area contributed by atoms with Gasteiger partial charge in [0, 0.05) is 10.9 Å². The highest BCUT2D eigenvalue weighted by molar-refractivity contribution is 9.08. The largest absolute Gasteiger partial charge is 0.506 e. The SMILES string of the molecule is O=C(Nc1ccccc1O)c1ccccc1CBr. The molecular formula is C14H12BrNO2. The first kappa shape index (κ1) is 12.6. The zero-order valence-electron chi connectivity index (χ0n) is 9.56. The number of alkyl halides is 1. The Kier molecular flexibility index (Phi) is 3.99. The van der Waals surface area contributed by atoms with Crippen molar-refractivity contribution in [1.82, 2.24) is 0 Å². The molecule has 0 aliphatic heterocycles. The molecule has 0 unspecified atom stereocenters. The maximum Gasteiger partial charge on any atom is 0.256 e. The lowest BCUT2D eigenvalue weighted by atomic mass is 10.1. The normalized spacial score (nSPS) is 10.1. The van der Waals surface area contributed by atoms with Gasteiger partial charge in [-0.25, -0.2) is 0 Å². The lowest BCUT2D eigenvalue weighted by Gasteiger charge is -2.09. The predicted molar refractivity (Wildman–Crippen MR) is 75.1 cm³/mol. The highest BCUT2D eigenvalue weighted by Gasteiger charge is 2.11. The molecule has 0 aliphatic carbocycles. The first-order valence-electron chi connectivity index (χ1n) is 5.45. The van der Waals surface area contributed by atoms with Gasteiger partial charge in [-0.05, 0) is 23.8 Å². The van der Waals surface area contributed by atoms with E-state index in [1.165, 1.54) is 6.07 Å². The van der Waals surface area contributed by atoms with Gasteiger partial charge in [0.15, 0.2) is 0 Å². The summed E-state index contributed by atoms with van der Waals surface area (Å²) in [5.74, 6) is -0.172. The molecule has 0 radical (unpaired) electrons. The predicted octanol–water partition coefficient (Wildman–Crippen LogP) is 3.54. The topological polar surface area (TPSA) is 49.3 Å². The fraction of sp³-hybridized carbons (Fsp3) is 0.0714. The number of hydrogen-bond donors (Lipinski definition) is 2. The molecule has 2 aromatic carbocycles. The maximum atomic E-state index is 12.1. The second kappa shape index (κ2) is 5.69. The molecule has 0 bridgehead atoms. The first-order valence-corrected chi connectivity index (χ1v) is 6.57. The summed E-state index contributed by atoms with van der Waals surface area (Å²) in [4.78, 5) is 12.1. The minimum absolute atomic E-state index is 0.0576.